The topological polar surface area (TPSA) is 57.9 Å². The smallest absolute Gasteiger partial charge is 0.140 e. The van der Waals surface area contributed by atoms with Crippen molar-refractivity contribution in [1.29, 1.82) is 5.26 Å². The summed E-state index contributed by atoms with van der Waals surface area (Å²) in [5.74, 6) is 0. The van der Waals surface area contributed by atoms with Crippen molar-refractivity contribution in [3.63, 3.8) is 0 Å². The van der Waals surface area contributed by atoms with Crippen molar-refractivity contribution in [2.24, 2.45) is 0 Å². The lowest BCUT2D eigenvalue weighted by Crippen LogP contribution is -2.38. The molecule has 18 heavy (non-hydrogen) atoms. The van der Waals surface area contributed by atoms with E-state index in [4.69, 9.17) is 10.00 Å². The highest BCUT2D eigenvalue weighted by Gasteiger charge is 2.45. The van der Waals surface area contributed by atoms with E-state index >= 15 is 0 Å². The number of aromatic nitrogens is 1. The van der Waals surface area contributed by atoms with Crippen LogP contribution < -0.4 is 5.32 Å². The van der Waals surface area contributed by atoms with Gasteiger partial charge in [-0.25, -0.2) is 4.98 Å². The number of hydrogen-bond donors (Lipinski definition) is 1. The molecule has 0 bridgehead atoms. The van der Waals surface area contributed by atoms with Crippen molar-refractivity contribution in [2.75, 3.05) is 5.32 Å². The molecule has 1 aliphatic heterocycles. The molecule has 2 rings (SSSR count). The van der Waals surface area contributed by atoms with Gasteiger partial charge in [0.1, 0.15) is 11.8 Å². The first kappa shape index (κ1) is 12.8. The molecule has 1 atom stereocenters. The zero-order valence-corrected chi connectivity index (χ0v) is 11.3. The highest BCUT2D eigenvalue weighted by Crippen LogP contribution is 2.38. The minimum Gasteiger partial charge on any atom is -0.378 e. The van der Waals surface area contributed by atoms with Gasteiger partial charge in [-0.15, -0.1) is 0 Å². The SMILES string of the molecule is CC1(C)CC(Nc2ccc(C#N)nc2)C(C)(C)O1. The normalized spacial score (nSPS) is 24.5. The molecule has 1 N–H and O–H groups in total. The summed E-state index contributed by atoms with van der Waals surface area (Å²) in [6.45, 7) is 8.40. The van der Waals surface area contributed by atoms with Gasteiger partial charge in [-0.2, -0.15) is 5.26 Å². The third kappa shape index (κ3) is 2.62. The average molecular weight is 245 g/mol. The van der Waals surface area contributed by atoms with Gasteiger partial charge in [0.25, 0.3) is 0 Å². The Labute approximate surface area is 108 Å². The molecule has 96 valence electrons. The predicted octanol–water partition coefficient (Wildman–Crippen LogP) is 2.71. The predicted molar refractivity (Wildman–Crippen MR) is 70.2 cm³/mol. The summed E-state index contributed by atoms with van der Waals surface area (Å²) in [5, 5.41) is 12.2. The maximum absolute atomic E-state index is 8.71. The Kier molecular flexibility index (Phi) is 3.04. The van der Waals surface area contributed by atoms with Gasteiger partial charge in [0.05, 0.1) is 29.1 Å². The molecule has 0 amide bonds. The van der Waals surface area contributed by atoms with Crippen LogP contribution >= 0.6 is 0 Å². The van der Waals surface area contributed by atoms with E-state index in [0.29, 0.717) is 5.69 Å². The summed E-state index contributed by atoms with van der Waals surface area (Å²) in [5.41, 5.74) is 1.04. The molecule has 0 spiro atoms. The van der Waals surface area contributed by atoms with Crippen molar-refractivity contribution < 1.29 is 4.74 Å². The van der Waals surface area contributed by atoms with E-state index in [1.807, 2.05) is 12.1 Å². The molecule has 1 aliphatic rings. The zero-order chi connectivity index (χ0) is 13.4. The Morgan fingerprint density at radius 1 is 1.39 bits per heavy atom. The first-order chi connectivity index (χ1) is 8.32. The first-order valence-electron chi connectivity index (χ1n) is 6.15. The van der Waals surface area contributed by atoms with Crippen LogP contribution in [0.3, 0.4) is 0 Å². The van der Waals surface area contributed by atoms with Crippen LogP contribution in [0.2, 0.25) is 0 Å². The van der Waals surface area contributed by atoms with Crippen LogP contribution in [0.5, 0.6) is 0 Å². The van der Waals surface area contributed by atoms with E-state index in [-0.39, 0.29) is 17.2 Å². The summed E-state index contributed by atoms with van der Waals surface area (Å²) in [7, 11) is 0. The van der Waals surface area contributed by atoms with E-state index in [0.717, 1.165) is 12.1 Å². The van der Waals surface area contributed by atoms with Crippen LogP contribution in [-0.4, -0.2) is 22.2 Å². The summed E-state index contributed by atoms with van der Waals surface area (Å²) in [6.07, 6.45) is 2.64. The molecule has 1 unspecified atom stereocenters. The highest BCUT2D eigenvalue weighted by molar-refractivity contribution is 5.44. The Morgan fingerprint density at radius 2 is 2.11 bits per heavy atom. The molecule has 0 aliphatic carbocycles. The number of nitrogens with zero attached hydrogens (tertiary/aromatic N) is 2. The van der Waals surface area contributed by atoms with Crippen LogP contribution in [-0.2, 0) is 4.74 Å². The monoisotopic (exact) mass is 245 g/mol. The summed E-state index contributed by atoms with van der Waals surface area (Å²) < 4.78 is 6.03. The molecular weight excluding hydrogens is 226 g/mol. The fourth-order valence-electron chi connectivity index (χ4n) is 2.53. The van der Waals surface area contributed by atoms with Gasteiger partial charge < -0.3 is 10.1 Å². The number of nitrogens with one attached hydrogen (secondary N) is 1. The van der Waals surface area contributed by atoms with Crippen molar-refractivity contribution >= 4 is 5.69 Å². The zero-order valence-electron chi connectivity index (χ0n) is 11.3. The number of hydrogen-bond acceptors (Lipinski definition) is 4. The minimum absolute atomic E-state index is 0.110. The molecule has 0 aromatic carbocycles. The van der Waals surface area contributed by atoms with Gasteiger partial charge in [0, 0.05) is 0 Å². The van der Waals surface area contributed by atoms with Gasteiger partial charge in [0.15, 0.2) is 0 Å². The van der Waals surface area contributed by atoms with E-state index in [1.165, 1.54) is 0 Å². The van der Waals surface area contributed by atoms with E-state index in [9.17, 15) is 0 Å². The second-order valence-electron chi connectivity index (χ2n) is 5.91. The van der Waals surface area contributed by atoms with Crippen LogP contribution in [0.4, 0.5) is 5.69 Å². The molecule has 0 radical (unpaired) electrons. The van der Waals surface area contributed by atoms with E-state index < -0.39 is 0 Å². The quantitative estimate of drug-likeness (QED) is 0.870. The first-order valence-corrected chi connectivity index (χ1v) is 6.15. The molecular formula is C14H19N3O. The number of nitriles is 1. The van der Waals surface area contributed by atoms with E-state index in [1.54, 1.807) is 12.3 Å². The van der Waals surface area contributed by atoms with Crippen molar-refractivity contribution in [3.8, 4) is 6.07 Å². The molecule has 1 fully saturated rings. The lowest BCUT2D eigenvalue weighted by atomic mass is 9.94. The second-order valence-corrected chi connectivity index (χ2v) is 5.91. The summed E-state index contributed by atoms with van der Waals surface area (Å²) in [6, 6.07) is 5.85. The Bertz CT molecular complexity index is 471. The third-order valence-corrected chi connectivity index (χ3v) is 3.29. The average Bonchev–Trinajstić information content (AvgIpc) is 2.48. The Hall–Kier alpha value is -1.60. The van der Waals surface area contributed by atoms with Crippen molar-refractivity contribution in [3.05, 3.63) is 24.0 Å². The number of pyridine rings is 1. The maximum atomic E-state index is 8.71. The Morgan fingerprint density at radius 3 is 2.56 bits per heavy atom. The lowest BCUT2D eigenvalue weighted by Gasteiger charge is -2.28. The van der Waals surface area contributed by atoms with Crippen LogP contribution in [0.25, 0.3) is 0 Å². The molecule has 1 aromatic heterocycles. The maximum Gasteiger partial charge on any atom is 0.140 e. The lowest BCUT2D eigenvalue weighted by molar-refractivity contribution is -0.0662. The molecule has 0 saturated carbocycles. The summed E-state index contributed by atoms with van der Waals surface area (Å²) in [4.78, 5) is 4.06. The molecule has 1 aromatic rings. The standard InChI is InChI=1S/C14H19N3O/c1-13(2)7-12(14(3,4)18-13)17-11-6-5-10(8-15)16-9-11/h5-6,9,12,17H,7H2,1-4H3. The number of ether oxygens (including phenoxy) is 1. The van der Waals surface area contributed by atoms with Gasteiger partial charge >= 0.3 is 0 Å². The Balaban J connectivity index is 2.12. The van der Waals surface area contributed by atoms with Gasteiger partial charge in [-0.05, 0) is 46.2 Å². The number of rotatable bonds is 2. The van der Waals surface area contributed by atoms with E-state index in [2.05, 4.69) is 38.0 Å². The second kappa shape index (κ2) is 4.25. The fourth-order valence-corrected chi connectivity index (χ4v) is 2.53. The van der Waals surface area contributed by atoms with Crippen LogP contribution in [0.15, 0.2) is 18.3 Å². The number of anilines is 1. The highest BCUT2D eigenvalue weighted by atomic mass is 16.5. The molecule has 4 heteroatoms. The minimum atomic E-state index is -0.211. The van der Waals surface area contributed by atoms with Crippen LogP contribution in [0.1, 0.15) is 39.8 Å². The largest absolute Gasteiger partial charge is 0.378 e. The van der Waals surface area contributed by atoms with Crippen LogP contribution in [0, 0.1) is 11.3 Å². The summed E-state index contributed by atoms with van der Waals surface area (Å²) >= 11 is 0. The molecule has 1 saturated heterocycles. The van der Waals surface area contributed by atoms with Crippen molar-refractivity contribution in [2.45, 2.75) is 51.4 Å². The molecule has 2 heterocycles. The molecule has 4 nitrogen and oxygen atoms in total. The fraction of sp³-hybridized carbons (Fsp3) is 0.571. The van der Waals surface area contributed by atoms with Gasteiger partial charge in [0.2, 0.25) is 0 Å². The van der Waals surface area contributed by atoms with Gasteiger partial charge in [-0.1, -0.05) is 0 Å². The van der Waals surface area contributed by atoms with Gasteiger partial charge in [-0.3, -0.25) is 0 Å². The third-order valence-electron chi connectivity index (χ3n) is 3.29. The van der Waals surface area contributed by atoms with Crippen molar-refractivity contribution in [1.82, 2.24) is 4.98 Å².